The highest BCUT2D eigenvalue weighted by Crippen LogP contribution is 2.22. The van der Waals surface area contributed by atoms with Gasteiger partial charge in [-0.1, -0.05) is 23.7 Å². The summed E-state index contributed by atoms with van der Waals surface area (Å²) in [6.45, 7) is 1.84. The molecule has 3 rings (SSSR count). The Balaban J connectivity index is 1.98. The van der Waals surface area contributed by atoms with Crippen LogP contribution in [0.2, 0.25) is 5.02 Å². The van der Waals surface area contributed by atoms with E-state index < -0.39 is 28.9 Å². The summed E-state index contributed by atoms with van der Waals surface area (Å²) in [4.78, 5) is 35.9. The van der Waals surface area contributed by atoms with Crippen molar-refractivity contribution in [1.29, 1.82) is 0 Å². The number of rotatable bonds is 4. The lowest BCUT2D eigenvalue weighted by atomic mass is 10.2. The Morgan fingerprint density at radius 2 is 1.89 bits per heavy atom. The second-order valence-corrected chi connectivity index (χ2v) is 6.33. The van der Waals surface area contributed by atoms with Gasteiger partial charge < -0.3 is 15.5 Å². The Labute approximate surface area is 163 Å². The van der Waals surface area contributed by atoms with Gasteiger partial charge in [-0.3, -0.25) is 9.59 Å². The molecule has 8 nitrogen and oxygen atoms in total. The van der Waals surface area contributed by atoms with E-state index in [9.17, 15) is 19.5 Å². The van der Waals surface area contributed by atoms with Crippen molar-refractivity contribution in [3.05, 3.63) is 80.7 Å². The van der Waals surface area contributed by atoms with Crippen LogP contribution in [0.25, 0.3) is 5.69 Å². The number of aromatic nitrogens is 2. The van der Waals surface area contributed by atoms with Crippen LogP contribution >= 0.6 is 11.6 Å². The van der Waals surface area contributed by atoms with Gasteiger partial charge in [-0.2, -0.15) is 9.78 Å². The molecule has 0 radical (unpaired) electrons. The van der Waals surface area contributed by atoms with Gasteiger partial charge in [0.05, 0.1) is 16.3 Å². The molecule has 3 aromatic rings. The van der Waals surface area contributed by atoms with E-state index in [1.165, 1.54) is 18.2 Å². The van der Waals surface area contributed by atoms with Crippen LogP contribution < -0.4 is 10.9 Å². The van der Waals surface area contributed by atoms with Gasteiger partial charge in [0.2, 0.25) is 0 Å². The Bertz CT molecular complexity index is 1160. The number of nitrogens with zero attached hydrogens (tertiary/aromatic N) is 2. The van der Waals surface area contributed by atoms with Gasteiger partial charge in [0.25, 0.3) is 11.5 Å². The summed E-state index contributed by atoms with van der Waals surface area (Å²) in [7, 11) is 0. The van der Waals surface area contributed by atoms with Crippen molar-refractivity contribution in [2.45, 2.75) is 6.92 Å². The molecule has 0 fully saturated rings. The molecule has 0 aliphatic heterocycles. The molecule has 142 valence electrons. The molecule has 28 heavy (non-hydrogen) atoms. The molecule has 3 N–H and O–H groups in total. The Kier molecular flexibility index (Phi) is 5.14. The zero-order valence-electron chi connectivity index (χ0n) is 14.5. The first-order valence-corrected chi connectivity index (χ1v) is 8.38. The second kappa shape index (κ2) is 7.53. The van der Waals surface area contributed by atoms with Gasteiger partial charge in [-0.25, -0.2) is 4.79 Å². The number of carbonyl (C=O) groups is 2. The van der Waals surface area contributed by atoms with Crippen molar-refractivity contribution in [3.8, 4) is 11.4 Å². The fourth-order valence-electron chi connectivity index (χ4n) is 2.51. The van der Waals surface area contributed by atoms with Gasteiger partial charge in [0.15, 0.2) is 11.4 Å². The van der Waals surface area contributed by atoms with Gasteiger partial charge in [0, 0.05) is 11.8 Å². The highest BCUT2D eigenvalue weighted by molar-refractivity contribution is 6.33. The minimum Gasteiger partial charge on any atom is -0.505 e. The second-order valence-electron chi connectivity index (χ2n) is 5.92. The third kappa shape index (κ3) is 3.86. The molecule has 0 atom stereocenters. The van der Waals surface area contributed by atoms with E-state index in [1.807, 2.05) is 13.0 Å². The van der Waals surface area contributed by atoms with Crippen molar-refractivity contribution in [3.63, 3.8) is 0 Å². The van der Waals surface area contributed by atoms with E-state index in [2.05, 4.69) is 10.4 Å². The van der Waals surface area contributed by atoms with Crippen molar-refractivity contribution in [1.82, 2.24) is 9.78 Å². The number of aryl methyl sites for hydroxylation is 1. The maximum Gasteiger partial charge on any atom is 0.337 e. The van der Waals surface area contributed by atoms with Crippen LogP contribution in [0.15, 0.2) is 53.3 Å². The number of amides is 1. The lowest BCUT2D eigenvalue weighted by Crippen LogP contribution is -2.25. The molecule has 0 spiro atoms. The van der Waals surface area contributed by atoms with Crippen LogP contribution in [0.5, 0.6) is 5.75 Å². The zero-order valence-corrected chi connectivity index (χ0v) is 15.3. The fourth-order valence-corrected chi connectivity index (χ4v) is 2.71. The summed E-state index contributed by atoms with van der Waals surface area (Å²) in [6, 6.07) is 11.7. The molecule has 1 amide bonds. The molecule has 0 saturated carbocycles. The first-order valence-electron chi connectivity index (χ1n) is 8.01. The van der Waals surface area contributed by atoms with Crippen LogP contribution in [-0.4, -0.2) is 31.9 Å². The minimum atomic E-state index is -1.25. The first-order chi connectivity index (χ1) is 13.3. The monoisotopic (exact) mass is 399 g/mol. The number of hydrogen-bond donors (Lipinski definition) is 3. The normalized spacial score (nSPS) is 10.5. The van der Waals surface area contributed by atoms with Crippen molar-refractivity contribution < 1.29 is 19.8 Å². The lowest BCUT2D eigenvalue weighted by Gasteiger charge is -2.10. The summed E-state index contributed by atoms with van der Waals surface area (Å²) in [6.07, 6.45) is 0. The Morgan fingerprint density at radius 3 is 2.57 bits per heavy atom. The summed E-state index contributed by atoms with van der Waals surface area (Å²) in [5.74, 6) is -2.67. The zero-order chi connectivity index (χ0) is 20.4. The summed E-state index contributed by atoms with van der Waals surface area (Å²) >= 11 is 5.80. The van der Waals surface area contributed by atoms with Gasteiger partial charge >= 0.3 is 5.97 Å². The van der Waals surface area contributed by atoms with Crippen molar-refractivity contribution in [2.24, 2.45) is 0 Å². The number of benzene rings is 2. The molecule has 0 bridgehead atoms. The number of anilines is 1. The summed E-state index contributed by atoms with van der Waals surface area (Å²) in [5, 5.41) is 25.5. The fraction of sp³-hybridized carbons (Fsp3) is 0.0526. The number of hydrogen-bond acceptors (Lipinski definition) is 5. The number of aromatic carboxylic acids is 1. The van der Waals surface area contributed by atoms with E-state index in [0.29, 0.717) is 5.69 Å². The average molecular weight is 400 g/mol. The predicted octanol–water partition coefficient (Wildman–Crippen LogP) is 2.85. The number of nitrogens with one attached hydrogen (secondary N) is 1. The molecule has 0 aliphatic rings. The molecule has 0 unspecified atom stereocenters. The summed E-state index contributed by atoms with van der Waals surface area (Å²) in [5.41, 5.74) is 0.251. The van der Waals surface area contributed by atoms with Crippen LogP contribution in [0.3, 0.4) is 0 Å². The number of carboxylic acids is 1. The highest BCUT2D eigenvalue weighted by atomic mass is 35.5. The van der Waals surface area contributed by atoms with E-state index in [4.69, 9.17) is 16.7 Å². The quantitative estimate of drug-likeness (QED) is 0.620. The van der Waals surface area contributed by atoms with Crippen LogP contribution in [0.4, 0.5) is 5.69 Å². The highest BCUT2D eigenvalue weighted by Gasteiger charge is 2.18. The average Bonchev–Trinajstić information content (AvgIpc) is 2.63. The van der Waals surface area contributed by atoms with Gasteiger partial charge in [-0.05, 0) is 42.8 Å². The van der Waals surface area contributed by atoms with E-state index in [0.717, 1.165) is 16.3 Å². The molecular formula is C19H14ClN3O5. The van der Waals surface area contributed by atoms with Crippen LogP contribution in [-0.2, 0) is 0 Å². The van der Waals surface area contributed by atoms with Gasteiger partial charge in [0.1, 0.15) is 0 Å². The third-order valence-electron chi connectivity index (χ3n) is 3.83. The van der Waals surface area contributed by atoms with Gasteiger partial charge in [-0.15, -0.1) is 0 Å². The van der Waals surface area contributed by atoms with E-state index >= 15 is 0 Å². The Hall–Kier alpha value is -3.65. The lowest BCUT2D eigenvalue weighted by molar-refractivity contribution is 0.0696. The van der Waals surface area contributed by atoms with E-state index in [-0.39, 0.29) is 16.3 Å². The largest absolute Gasteiger partial charge is 0.505 e. The molecule has 9 heteroatoms. The molecular weight excluding hydrogens is 386 g/mol. The number of carboxylic acid groups (broad SMARTS) is 1. The van der Waals surface area contributed by atoms with E-state index in [1.54, 1.807) is 18.2 Å². The number of aromatic hydroxyl groups is 1. The third-order valence-corrected chi connectivity index (χ3v) is 4.16. The van der Waals surface area contributed by atoms with Crippen LogP contribution in [0.1, 0.15) is 26.4 Å². The number of carbonyl (C=O) groups excluding carboxylic acids is 1. The van der Waals surface area contributed by atoms with Crippen LogP contribution in [0, 0.1) is 6.92 Å². The molecule has 1 aromatic heterocycles. The first kappa shape index (κ1) is 19.1. The molecule has 1 heterocycles. The molecule has 0 saturated heterocycles. The smallest absolute Gasteiger partial charge is 0.337 e. The summed E-state index contributed by atoms with van der Waals surface area (Å²) < 4.78 is 0.992. The molecule has 2 aromatic carbocycles. The predicted molar refractivity (Wildman–Crippen MR) is 103 cm³/mol. The SMILES string of the molecule is Cc1cccc(-n2nc(C(=O)Nc3ccc(Cl)c(C(=O)O)c3)c(O)cc2=O)c1. The minimum absolute atomic E-state index is 0.0134. The maximum absolute atomic E-state index is 12.5. The topological polar surface area (TPSA) is 122 Å². The molecule has 0 aliphatic carbocycles. The standard InChI is InChI=1S/C19H14ClN3O5/c1-10-3-2-4-12(7-10)23-16(25)9-15(24)17(22-23)18(26)21-11-5-6-14(20)13(8-11)19(27)28/h2-9,24H,1H3,(H,21,26)(H,27,28). The van der Waals surface area contributed by atoms with Crippen molar-refractivity contribution in [2.75, 3.05) is 5.32 Å². The maximum atomic E-state index is 12.5. The van der Waals surface area contributed by atoms with Crippen molar-refractivity contribution >= 4 is 29.2 Å². The number of halogens is 1. The Morgan fingerprint density at radius 1 is 1.14 bits per heavy atom.